The summed E-state index contributed by atoms with van der Waals surface area (Å²) < 4.78 is 11.5. The molecule has 0 aromatic carbocycles. The molecule has 5 fully saturated rings. The van der Waals surface area contributed by atoms with E-state index in [2.05, 4.69) is 13.8 Å². The minimum Gasteiger partial charge on any atom is -0.462 e. The van der Waals surface area contributed by atoms with Crippen LogP contribution in [-0.2, 0) is 23.9 Å². The summed E-state index contributed by atoms with van der Waals surface area (Å²) in [6.45, 7) is 11.0. The van der Waals surface area contributed by atoms with Crippen LogP contribution in [0.15, 0.2) is 0 Å². The largest absolute Gasteiger partial charge is 0.462 e. The molecule has 0 bridgehead atoms. The Bertz CT molecular complexity index is 962. The Morgan fingerprint density at radius 1 is 0.946 bits per heavy atom. The summed E-state index contributed by atoms with van der Waals surface area (Å²) in [7, 11) is 0. The molecular formula is C30H45NO6. The first-order valence-corrected chi connectivity index (χ1v) is 14.6. The number of Topliss-reactive ketones (excluding diaryl/α,β-unsaturated/α-hetero) is 2. The Labute approximate surface area is 221 Å². The Morgan fingerprint density at radius 2 is 1.65 bits per heavy atom. The van der Waals surface area contributed by atoms with Gasteiger partial charge in [-0.1, -0.05) is 13.8 Å². The van der Waals surface area contributed by atoms with Gasteiger partial charge in [-0.2, -0.15) is 0 Å². The maximum Gasteiger partial charge on any atom is 0.410 e. The lowest BCUT2D eigenvalue weighted by Gasteiger charge is -2.59. The van der Waals surface area contributed by atoms with Gasteiger partial charge in [0.1, 0.15) is 23.3 Å². The molecule has 4 saturated carbocycles. The van der Waals surface area contributed by atoms with Gasteiger partial charge in [0.05, 0.1) is 5.92 Å². The lowest BCUT2D eigenvalue weighted by atomic mass is 9.45. The first-order valence-electron chi connectivity index (χ1n) is 14.6. The number of fused-ring (bicyclic) bond motifs is 5. The van der Waals surface area contributed by atoms with E-state index in [0.717, 1.165) is 32.1 Å². The number of likely N-dealkylation sites (tertiary alicyclic amines) is 1. The SMILES string of the molecule is CC(C)(C)OC(=O)N1CCC(C(=O)OC2CC[C@@]3(C)C(C2)C(=O)C[C@@H]2[C@H]3CC[C@]3(C)C(=O)CC[C@@H]23)CC1. The predicted octanol–water partition coefficient (Wildman–Crippen LogP) is 5.34. The maximum atomic E-state index is 13.5. The first kappa shape index (κ1) is 26.7. The van der Waals surface area contributed by atoms with E-state index >= 15 is 0 Å². The van der Waals surface area contributed by atoms with Gasteiger partial charge in [-0.15, -0.1) is 0 Å². The van der Waals surface area contributed by atoms with Crippen molar-refractivity contribution in [2.75, 3.05) is 13.1 Å². The third kappa shape index (κ3) is 4.73. The molecule has 7 nitrogen and oxygen atoms in total. The molecule has 7 heteroatoms. The highest BCUT2D eigenvalue weighted by Gasteiger charge is 2.62. The van der Waals surface area contributed by atoms with Crippen molar-refractivity contribution in [1.29, 1.82) is 0 Å². The van der Waals surface area contributed by atoms with Crippen LogP contribution in [0.2, 0.25) is 0 Å². The second-order valence-electron chi connectivity index (χ2n) is 14.1. The molecule has 1 saturated heterocycles. The second-order valence-corrected chi connectivity index (χ2v) is 14.1. The van der Waals surface area contributed by atoms with Crippen LogP contribution < -0.4 is 0 Å². The van der Waals surface area contributed by atoms with Crippen molar-refractivity contribution in [1.82, 2.24) is 4.90 Å². The minimum atomic E-state index is -0.537. The third-order valence-corrected chi connectivity index (χ3v) is 10.9. The van der Waals surface area contributed by atoms with Gasteiger partial charge in [-0.05, 0) is 95.3 Å². The molecule has 37 heavy (non-hydrogen) atoms. The average molecular weight is 516 g/mol. The number of amides is 1. The fraction of sp³-hybridized carbons (Fsp3) is 0.867. The van der Waals surface area contributed by atoms with Crippen molar-refractivity contribution < 1.29 is 28.7 Å². The Morgan fingerprint density at radius 3 is 2.32 bits per heavy atom. The Kier molecular flexibility index (Phi) is 6.76. The normalized spacial score (nSPS) is 40.5. The van der Waals surface area contributed by atoms with Crippen LogP contribution in [0.4, 0.5) is 4.79 Å². The van der Waals surface area contributed by atoms with Crippen LogP contribution in [-0.4, -0.2) is 53.3 Å². The van der Waals surface area contributed by atoms with E-state index in [1.165, 1.54) is 0 Å². The van der Waals surface area contributed by atoms with E-state index in [1.54, 1.807) is 4.90 Å². The first-order chi connectivity index (χ1) is 17.3. The topological polar surface area (TPSA) is 90.0 Å². The number of nitrogens with zero attached hydrogens (tertiary/aromatic N) is 1. The molecule has 0 radical (unpaired) electrons. The monoisotopic (exact) mass is 515 g/mol. The summed E-state index contributed by atoms with van der Waals surface area (Å²) in [6, 6.07) is 0. The fourth-order valence-electron chi connectivity index (χ4n) is 8.77. The molecule has 1 heterocycles. The maximum absolute atomic E-state index is 13.5. The quantitative estimate of drug-likeness (QED) is 0.462. The number of piperidine rings is 1. The van der Waals surface area contributed by atoms with E-state index < -0.39 is 5.60 Å². The molecule has 4 aliphatic carbocycles. The zero-order valence-electron chi connectivity index (χ0n) is 23.3. The number of esters is 1. The predicted molar refractivity (Wildman–Crippen MR) is 138 cm³/mol. The number of hydrogen-bond donors (Lipinski definition) is 0. The number of carbonyl (C=O) groups excluding carboxylic acids is 4. The highest BCUT2D eigenvalue weighted by atomic mass is 16.6. The number of rotatable bonds is 2. The molecule has 0 spiro atoms. The summed E-state index contributed by atoms with van der Waals surface area (Å²) in [5, 5.41) is 0. The van der Waals surface area contributed by atoms with E-state index in [0.29, 0.717) is 74.5 Å². The molecule has 0 aromatic heterocycles. The van der Waals surface area contributed by atoms with Crippen molar-refractivity contribution in [2.24, 2.45) is 40.4 Å². The van der Waals surface area contributed by atoms with Crippen molar-refractivity contribution in [2.45, 2.75) is 111 Å². The van der Waals surface area contributed by atoms with Crippen LogP contribution >= 0.6 is 0 Å². The van der Waals surface area contributed by atoms with Crippen molar-refractivity contribution in [3.8, 4) is 0 Å². The van der Waals surface area contributed by atoms with Crippen molar-refractivity contribution in [3.63, 3.8) is 0 Å². The van der Waals surface area contributed by atoms with Crippen LogP contribution in [0.25, 0.3) is 0 Å². The molecule has 206 valence electrons. The Hall–Kier alpha value is -1.92. The van der Waals surface area contributed by atoms with Gasteiger partial charge in [-0.25, -0.2) is 4.79 Å². The zero-order valence-corrected chi connectivity index (χ0v) is 23.3. The molecule has 0 aromatic rings. The van der Waals surface area contributed by atoms with Crippen molar-refractivity contribution in [3.05, 3.63) is 0 Å². The third-order valence-electron chi connectivity index (χ3n) is 10.9. The number of hydrogen-bond acceptors (Lipinski definition) is 6. The van der Waals surface area contributed by atoms with Gasteiger partial charge < -0.3 is 14.4 Å². The van der Waals surface area contributed by atoms with Gasteiger partial charge in [0.15, 0.2) is 0 Å². The molecule has 5 rings (SSSR count). The molecule has 2 unspecified atom stereocenters. The van der Waals surface area contributed by atoms with Crippen LogP contribution in [0.1, 0.15) is 98.8 Å². The lowest BCUT2D eigenvalue weighted by Crippen LogP contribution is -2.57. The van der Waals surface area contributed by atoms with E-state index in [-0.39, 0.29) is 40.8 Å². The van der Waals surface area contributed by atoms with Crippen LogP contribution in [0, 0.1) is 40.4 Å². The van der Waals surface area contributed by atoms with Crippen LogP contribution in [0.3, 0.4) is 0 Å². The molecule has 0 N–H and O–H groups in total. The Balaban J connectivity index is 1.17. The van der Waals surface area contributed by atoms with Gasteiger partial charge in [0.2, 0.25) is 0 Å². The zero-order chi connectivity index (χ0) is 26.8. The summed E-state index contributed by atoms with van der Waals surface area (Å²) in [4.78, 5) is 53.2. The molecule has 1 amide bonds. The van der Waals surface area contributed by atoms with Gasteiger partial charge in [-0.3, -0.25) is 14.4 Å². The molecule has 5 aliphatic rings. The standard InChI is InChI=1S/C30H45NO6/c1-28(2,3)37-27(35)31-14-10-18(11-15-31)26(34)36-19-8-12-29(4)22-9-13-30(5)21(6-7-25(30)33)20(22)17-24(32)23(29)16-19/h18-23H,6-17H2,1-5H3/t19?,20-,21-,22+,23?,29+,30-/m0/s1. The minimum absolute atomic E-state index is 0.0595. The highest BCUT2D eigenvalue weighted by molar-refractivity contribution is 5.88. The van der Waals surface area contributed by atoms with E-state index in [9.17, 15) is 19.2 Å². The highest BCUT2D eigenvalue weighted by Crippen LogP contribution is 2.64. The van der Waals surface area contributed by atoms with Crippen molar-refractivity contribution >= 4 is 23.6 Å². The van der Waals surface area contributed by atoms with E-state index in [1.807, 2.05) is 20.8 Å². The van der Waals surface area contributed by atoms with Gasteiger partial charge >= 0.3 is 12.1 Å². The summed E-state index contributed by atoms with van der Waals surface area (Å²) in [5.41, 5.74) is -0.824. The van der Waals surface area contributed by atoms with Gasteiger partial charge in [0, 0.05) is 37.3 Å². The average Bonchev–Trinajstić information content (AvgIpc) is 3.13. The molecule has 7 atom stereocenters. The van der Waals surface area contributed by atoms with E-state index in [4.69, 9.17) is 9.47 Å². The smallest absolute Gasteiger partial charge is 0.410 e. The number of carbonyl (C=O) groups is 4. The van der Waals surface area contributed by atoms with Gasteiger partial charge in [0.25, 0.3) is 0 Å². The lowest BCUT2D eigenvalue weighted by molar-refractivity contribution is -0.173. The second kappa shape index (κ2) is 9.37. The molecular weight excluding hydrogens is 470 g/mol. The number of ketones is 2. The number of ether oxygens (including phenoxy) is 2. The summed E-state index contributed by atoms with van der Waals surface area (Å²) in [5.74, 6) is 1.42. The fourth-order valence-corrected chi connectivity index (χ4v) is 8.77. The molecule has 1 aliphatic heterocycles. The van der Waals surface area contributed by atoms with Crippen LogP contribution in [0.5, 0.6) is 0 Å². The summed E-state index contributed by atoms with van der Waals surface area (Å²) >= 11 is 0. The summed E-state index contributed by atoms with van der Waals surface area (Å²) in [6.07, 6.45) is 7.13.